The molecule has 0 aliphatic carbocycles. The summed E-state index contributed by atoms with van der Waals surface area (Å²) in [6.45, 7) is 4.93. The van der Waals surface area contributed by atoms with Crippen LogP contribution in [0.4, 0.5) is 0 Å². The molecule has 2 aliphatic rings. The Labute approximate surface area is 110 Å². The number of piperidine rings is 1. The molecule has 2 aliphatic heterocycles. The first-order valence-corrected chi connectivity index (χ1v) is 8.65. The monoisotopic (exact) mass is 276 g/mol. The van der Waals surface area contributed by atoms with Crippen molar-refractivity contribution in [3.8, 4) is 0 Å². The van der Waals surface area contributed by atoms with Gasteiger partial charge in [0.2, 0.25) is 0 Å². The zero-order valence-electron chi connectivity index (χ0n) is 11.1. The van der Waals surface area contributed by atoms with Crippen molar-refractivity contribution < 1.29 is 12.6 Å². The van der Waals surface area contributed by atoms with Gasteiger partial charge in [-0.1, -0.05) is 0 Å². The highest BCUT2D eigenvalue weighted by Crippen LogP contribution is 2.27. The van der Waals surface area contributed by atoms with Crippen LogP contribution in [0, 0.1) is 5.92 Å². The molecule has 0 saturated carbocycles. The predicted molar refractivity (Wildman–Crippen MR) is 71.0 cm³/mol. The summed E-state index contributed by atoms with van der Waals surface area (Å²) >= 11 is 0. The molecular weight excluding hydrogens is 252 g/mol. The molecular formula is C12H24N2O3S. The summed E-state index contributed by atoms with van der Waals surface area (Å²) in [7, 11) is -3.26. The van der Waals surface area contributed by atoms with Gasteiger partial charge in [0, 0.05) is 25.7 Å². The molecule has 2 saturated heterocycles. The van der Waals surface area contributed by atoms with Gasteiger partial charge < -0.3 is 5.32 Å². The molecule has 0 bridgehead atoms. The Hall–Kier alpha value is -0.170. The zero-order valence-corrected chi connectivity index (χ0v) is 11.9. The van der Waals surface area contributed by atoms with Crippen molar-refractivity contribution in [2.45, 2.75) is 31.7 Å². The van der Waals surface area contributed by atoms with E-state index in [2.05, 4.69) is 10.2 Å². The average Bonchev–Trinajstić information content (AvgIpc) is 2.33. The lowest BCUT2D eigenvalue weighted by Crippen LogP contribution is -2.54. The summed E-state index contributed by atoms with van der Waals surface area (Å²) in [6.07, 6.45) is 5.53. The van der Waals surface area contributed by atoms with Crippen LogP contribution >= 0.6 is 0 Å². The van der Waals surface area contributed by atoms with Gasteiger partial charge in [0.05, 0.1) is 12.9 Å². The highest BCUT2D eigenvalue weighted by molar-refractivity contribution is 7.85. The molecule has 0 aromatic rings. The van der Waals surface area contributed by atoms with E-state index in [9.17, 15) is 8.42 Å². The molecule has 2 atom stereocenters. The Morgan fingerprint density at radius 2 is 2.22 bits per heavy atom. The standard InChI is InChI=1S/C12H24N2O3S/c1-18(15,16)17-8-2-3-11-4-6-14-7-5-13-10-12(14)9-11/h11-13H,2-10H2,1H3. The number of hydrogen-bond donors (Lipinski definition) is 1. The minimum Gasteiger partial charge on any atom is -0.314 e. The molecule has 106 valence electrons. The van der Waals surface area contributed by atoms with E-state index in [-0.39, 0.29) is 0 Å². The fourth-order valence-corrected chi connectivity index (χ4v) is 3.45. The van der Waals surface area contributed by atoms with Crippen molar-refractivity contribution in [2.24, 2.45) is 5.92 Å². The van der Waals surface area contributed by atoms with Crippen LogP contribution in [0.2, 0.25) is 0 Å². The second-order valence-electron chi connectivity index (χ2n) is 5.45. The van der Waals surface area contributed by atoms with Gasteiger partial charge in [-0.3, -0.25) is 9.08 Å². The molecule has 0 aromatic heterocycles. The molecule has 0 aromatic carbocycles. The topological polar surface area (TPSA) is 58.6 Å². The number of hydrogen-bond acceptors (Lipinski definition) is 5. The minimum atomic E-state index is -3.26. The Kier molecular flexibility index (Phi) is 5.00. The summed E-state index contributed by atoms with van der Waals surface area (Å²) in [5, 5.41) is 3.45. The highest BCUT2D eigenvalue weighted by Gasteiger charge is 2.29. The van der Waals surface area contributed by atoms with E-state index >= 15 is 0 Å². The molecule has 2 unspecified atom stereocenters. The van der Waals surface area contributed by atoms with Gasteiger partial charge >= 0.3 is 0 Å². The quantitative estimate of drug-likeness (QED) is 0.583. The summed E-state index contributed by atoms with van der Waals surface area (Å²) in [5.41, 5.74) is 0. The van der Waals surface area contributed by atoms with Crippen molar-refractivity contribution in [3.63, 3.8) is 0 Å². The van der Waals surface area contributed by atoms with Crippen LogP contribution in [-0.4, -0.2) is 58.4 Å². The first kappa shape index (κ1) is 14.2. The van der Waals surface area contributed by atoms with E-state index in [0.717, 1.165) is 38.1 Å². The van der Waals surface area contributed by atoms with Crippen LogP contribution in [0.1, 0.15) is 25.7 Å². The molecule has 6 heteroatoms. The van der Waals surface area contributed by atoms with E-state index < -0.39 is 10.1 Å². The third-order valence-corrected chi connectivity index (χ3v) is 4.55. The number of nitrogens with one attached hydrogen (secondary N) is 1. The molecule has 1 N–H and O–H groups in total. The van der Waals surface area contributed by atoms with Gasteiger partial charge in [0.25, 0.3) is 10.1 Å². The summed E-state index contributed by atoms with van der Waals surface area (Å²) < 4.78 is 26.4. The van der Waals surface area contributed by atoms with E-state index in [0.29, 0.717) is 12.6 Å². The second-order valence-corrected chi connectivity index (χ2v) is 7.10. The van der Waals surface area contributed by atoms with Gasteiger partial charge in [-0.05, 0) is 38.1 Å². The van der Waals surface area contributed by atoms with Crippen LogP contribution in [0.5, 0.6) is 0 Å². The zero-order chi connectivity index (χ0) is 13.0. The Morgan fingerprint density at radius 3 is 3.00 bits per heavy atom. The molecule has 2 heterocycles. The summed E-state index contributed by atoms with van der Waals surface area (Å²) in [4.78, 5) is 2.58. The lowest BCUT2D eigenvalue weighted by Gasteiger charge is -2.42. The molecule has 2 fully saturated rings. The van der Waals surface area contributed by atoms with Crippen molar-refractivity contribution in [3.05, 3.63) is 0 Å². The van der Waals surface area contributed by atoms with Crippen LogP contribution < -0.4 is 5.32 Å². The average molecular weight is 276 g/mol. The number of rotatable bonds is 5. The molecule has 0 radical (unpaired) electrons. The van der Waals surface area contributed by atoms with Crippen molar-refractivity contribution in [1.29, 1.82) is 0 Å². The van der Waals surface area contributed by atoms with Crippen molar-refractivity contribution in [1.82, 2.24) is 10.2 Å². The minimum absolute atomic E-state index is 0.335. The molecule has 18 heavy (non-hydrogen) atoms. The van der Waals surface area contributed by atoms with Crippen LogP contribution in [0.25, 0.3) is 0 Å². The largest absolute Gasteiger partial charge is 0.314 e. The normalized spacial score (nSPS) is 30.1. The van der Waals surface area contributed by atoms with Crippen molar-refractivity contribution in [2.75, 3.05) is 39.0 Å². The fourth-order valence-electron chi connectivity index (χ4n) is 3.03. The highest BCUT2D eigenvalue weighted by atomic mass is 32.2. The van der Waals surface area contributed by atoms with Crippen molar-refractivity contribution >= 4 is 10.1 Å². The predicted octanol–water partition coefficient (Wildman–Crippen LogP) is 0.427. The number of piperazine rings is 1. The Morgan fingerprint density at radius 1 is 1.39 bits per heavy atom. The fraction of sp³-hybridized carbons (Fsp3) is 1.00. The Bertz CT molecular complexity index is 358. The van der Waals surface area contributed by atoms with Gasteiger partial charge in [0.15, 0.2) is 0 Å². The van der Waals surface area contributed by atoms with Crippen LogP contribution in [0.15, 0.2) is 0 Å². The maximum absolute atomic E-state index is 10.8. The SMILES string of the molecule is CS(=O)(=O)OCCCC1CCN2CCNCC2C1. The third kappa shape index (κ3) is 4.50. The summed E-state index contributed by atoms with van der Waals surface area (Å²) in [5.74, 6) is 0.731. The van der Waals surface area contributed by atoms with Gasteiger partial charge in [-0.2, -0.15) is 8.42 Å². The number of nitrogens with zero attached hydrogens (tertiary/aromatic N) is 1. The molecule has 5 nitrogen and oxygen atoms in total. The Balaban J connectivity index is 1.65. The van der Waals surface area contributed by atoms with E-state index in [1.54, 1.807) is 0 Å². The van der Waals surface area contributed by atoms with Gasteiger partial charge in [-0.15, -0.1) is 0 Å². The molecule has 0 spiro atoms. The van der Waals surface area contributed by atoms with Crippen LogP contribution in [0.3, 0.4) is 0 Å². The summed E-state index contributed by atoms with van der Waals surface area (Å²) in [6, 6.07) is 0.688. The van der Waals surface area contributed by atoms with E-state index in [1.165, 1.54) is 25.9 Å². The van der Waals surface area contributed by atoms with E-state index in [4.69, 9.17) is 4.18 Å². The third-order valence-electron chi connectivity index (χ3n) is 3.96. The molecule has 0 amide bonds. The van der Waals surface area contributed by atoms with E-state index in [1.807, 2.05) is 0 Å². The second kappa shape index (κ2) is 6.32. The lowest BCUT2D eigenvalue weighted by atomic mass is 9.86. The van der Waals surface area contributed by atoms with Crippen LogP contribution in [-0.2, 0) is 14.3 Å². The van der Waals surface area contributed by atoms with Gasteiger partial charge in [-0.25, -0.2) is 0 Å². The number of fused-ring (bicyclic) bond motifs is 1. The first-order chi connectivity index (χ1) is 8.54. The van der Waals surface area contributed by atoms with Gasteiger partial charge in [0.1, 0.15) is 0 Å². The molecule has 2 rings (SSSR count). The maximum atomic E-state index is 10.8. The first-order valence-electron chi connectivity index (χ1n) is 6.84. The lowest BCUT2D eigenvalue weighted by molar-refractivity contribution is 0.0843. The maximum Gasteiger partial charge on any atom is 0.264 e. The smallest absolute Gasteiger partial charge is 0.264 e.